The molecular formula is C19H20ClF2N5O3S. The molecule has 1 aliphatic carbocycles. The van der Waals surface area contributed by atoms with E-state index in [0.717, 1.165) is 22.6 Å². The molecule has 1 aliphatic heterocycles. The summed E-state index contributed by atoms with van der Waals surface area (Å²) in [6.45, 7) is 1.58. The van der Waals surface area contributed by atoms with Gasteiger partial charge < -0.3 is 11.1 Å². The highest BCUT2D eigenvalue weighted by molar-refractivity contribution is 8.24. The number of rotatable bonds is 3. The smallest absolute Gasteiger partial charge is 0.277 e. The van der Waals surface area contributed by atoms with Crippen molar-refractivity contribution >= 4 is 39.9 Å². The minimum Gasteiger partial charge on any atom is -0.369 e. The first-order valence-electron chi connectivity index (χ1n) is 9.22. The predicted octanol–water partition coefficient (Wildman–Crippen LogP) is 3.94. The van der Waals surface area contributed by atoms with Gasteiger partial charge in [-0.05, 0) is 44.0 Å². The van der Waals surface area contributed by atoms with Crippen LogP contribution < -0.4 is 11.1 Å². The van der Waals surface area contributed by atoms with Crippen molar-refractivity contribution in [3.05, 3.63) is 58.4 Å². The molecule has 0 unspecified atom stereocenters. The number of amides is 1. The molecule has 1 aromatic heterocycles. The molecule has 1 aromatic carbocycles. The Kier molecular flexibility index (Phi) is 4.93. The molecule has 1 amide bonds. The fourth-order valence-electron chi connectivity index (χ4n) is 3.99. The second kappa shape index (κ2) is 7.02. The number of anilines is 1. The Morgan fingerprint density at radius 1 is 1.29 bits per heavy atom. The number of guanidine groups is 1. The van der Waals surface area contributed by atoms with Gasteiger partial charge in [-0.25, -0.2) is 23.1 Å². The van der Waals surface area contributed by atoms with Crippen LogP contribution in [0.2, 0.25) is 5.02 Å². The molecule has 31 heavy (non-hydrogen) atoms. The molecule has 1 saturated carbocycles. The largest absolute Gasteiger partial charge is 0.369 e. The van der Waals surface area contributed by atoms with Crippen LogP contribution in [0.15, 0.2) is 35.5 Å². The molecule has 4 rings (SSSR count). The summed E-state index contributed by atoms with van der Waals surface area (Å²) in [6, 6.07) is 4.71. The van der Waals surface area contributed by atoms with E-state index in [1.807, 2.05) is 0 Å². The van der Waals surface area contributed by atoms with Crippen LogP contribution in [0, 0.1) is 11.6 Å². The number of pyridine rings is 1. The number of benzene rings is 1. The van der Waals surface area contributed by atoms with E-state index < -0.39 is 44.3 Å². The quantitative estimate of drug-likeness (QED) is 0.537. The Bertz CT molecular complexity index is 1130. The average Bonchev–Trinajstić information content (AvgIpc) is 3.50. The minimum atomic E-state index is -3.39. The van der Waals surface area contributed by atoms with Gasteiger partial charge in [0.15, 0.2) is 11.5 Å². The standard InChI is InChI=1S/C19H20ClF2N5O3S/c1-18(19(5-6-19)31(29,30)27(2)17(23)26-18)12-8-11(3-4-13(12)21)25-16(28)15-14(22)7-10(20)9-24-15/h3-4,7-9,29-30H,5-6H2,1-2H3,(H2,23,26)(H,25,28)/t18-/m1/s1. The first kappa shape index (κ1) is 21.8. The average molecular weight is 472 g/mol. The van der Waals surface area contributed by atoms with Gasteiger partial charge in [-0.15, -0.1) is 10.8 Å². The highest BCUT2D eigenvalue weighted by atomic mass is 35.5. The molecule has 0 bridgehead atoms. The van der Waals surface area contributed by atoms with E-state index in [4.69, 9.17) is 17.3 Å². The van der Waals surface area contributed by atoms with Crippen LogP contribution in [0.4, 0.5) is 14.5 Å². The molecule has 2 aromatic rings. The van der Waals surface area contributed by atoms with Crippen molar-refractivity contribution in [3.8, 4) is 0 Å². The third kappa shape index (κ3) is 3.15. The number of carbonyl (C=O) groups excluding carboxylic acids is 1. The van der Waals surface area contributed by atoms with Gasteiger partial charge in [-0.1, -0.05) is 11.6 Å². The third-order valence-corrected chi connectivity index (χ3v) is 8.94. The van der Waals surface area contributed by atoms with Crippen LogP contribution >= 0.6 is 22.4 Å². The van der Waals surface area contributed by atoms with Crippen molar-refractivity contribution < 1.29 is 22.7 Å². The van der Waals surface area contributed by atoms with Gasteiger partial charge in [-0.2, -0.15) is 0 Å². The highest BCUT2D eigenvalue weighted by Crippen LogP contribution is 2.76. The maximum absolute atomic E-state index is 14.9. The summed E-state index contributed by atoms with van der Waals surface area (Å²) >= 11 is 5.66. The molecule has 0 saturated heterocycles. The summed E-state index contributed by atoms with van der Waals surface area (Å²) in [5.74, 6) is -2.55. The van der Waals surface area contributed by atoms with Gasteiger partial charge in [0.25, 0.3) is 5.91 Å². The Balaban J connectivity index is 1.74. The lowest BCUT2D eigenvalue weighted by molar-refractivity contribution is 0.101. The first-order valence-corrected chi connectivity index (χ1v) is 11.1. The first-order chi connectivity index (χ1) is 14.4. The fourth-order valence-corrected chi connectivity index (χ4v) is 6.30. The maximum Gasteiger partial charge on any atom is 0.277 e. The maximum atomic E-state index is 14.9. The van der Waals surface area contributed by atoms with Crippen molar-refractivity contribution in [3.63, 3.8) is 0 Å². The van der Waals surface area contributed by atoms with Crippen LogP contribution in [-0.2, 0) is 5.54 Å². The summed E-state index contributed by atoms with van der Waals surface area (Å²) in [5.41, 5.74) is 4.23. The molecule has 5 N–H and O–H groups in total. The van der Waals surface area contributed by atoms with Gasteiger partial charge >= 0.3 is 0 Å². The second-order valence-electron chi connectivity index (χ2n) is 7.69. The van der Waals surface area contributed by atoms with Crippen molar-refractivity contribution in [1.82, 2.24) is 9.29 Å². The monoisotopic (exact) mass is 471 g/mol. The summed E-state index contributed by atoms with van der Waals surface area (Å²) in [5, 5.41) is 2.51. The molecule has 12 heteroatoms. The molecule has 2 heterocycles. The van der Waals surface area contributed by atoms with Crippen LogP contribution in [-0.4, -0.2) is 42.1 Å². The van der Waals surface area contributed by atoms with E-state index in [1.54, 1.807) is 6.92 Å². The van der Waals surface area contributed by atoms with Crippen LogP contribution in [0.1, 0.15) is 35.8 Å². The summed E-state index contributed by atoms with van der Waals surface area (Å²) in [4.78, 5) is 20.6. The number of aromatic nitrogens is 1. The topological polar surface area (TPSA) is 124 Å². The lowest BCUT2D eigenvalue weighted by atomic mass is 9.86. The predicted molar refractivity (Wildman–Crippen MR) is 115 cm³/mol. The molecule has 0 radical (unpaired) electrons. The highest BCUT2D eigenvalue weighted by Gasteiger charge is 2.70. The van der Waals surface area contributed by atoms with E-state index in [1.165, 1.54) is 19.2 Å². The lowest BCUT2D eigenvalue weighted by Gasteiger charge is -2.56. The molecular weight excluding hydrogens is 452 g/mol. The number of nitrogens with zero attached hydrogens (tertiary/aromatic N) is 3. The SMILES string of the molecule is CN1C(N)=N[C@](C)(c2cc(NC(=O)c3ncc(Cl)cc3F)ccc2F)C2(CC2)S1(O)O. The zero-order chi connectivity index (χ0) is 22.8. The second-order valence-corrected chi connectivity index (χ2v) is 10.5. The normalized spacial score (nSPS) is 24.5. The molecule has 1 fully saturated rings. The molecule has 8 nitrogen and oxygen atoms in total. The summed E-state index contributed by atoms with van der Waals surface area (Å²) in [6.07, 6.45) is 1.94. The number of hydrogen-bond acceptors (Lipinski definition) is 7. The number of nitrogens with one attached hydrogen (secondary N) is 1. The number of halogens is 3. The van der Waals surface area contributed by atoms with Crippen LogP contribution in [0.25, 0.3) is 0 Å². The zero-order valence-electron chi connectivity index (χ0n) is 16.6. The summed E-state index contributed by atoms with van der Waals surface area (Å²) in [7, 11) is -1.96. The third-order valence-electron chi connectivity index (χ3n) is 5.93. The van der Waals surface area contributed by atoms with Crippen molar-refractivity contribution in [1.29, 1.82) is 0 Å². The van der Waals surface area contributed by atoms with Gasteiger partial charge in [0.2, 0.25) is 5.96 Å². The Morgan fingerprint density at radius 3 is 2.58 bits per heavy atom. The molecule has 2 aliphatic rings. The van der Waals surface area contributed by atoms with Crippen LogP contribution in [0.3, 0.4) is 0 Å². The number of carbonyl (C=O) groups is 1. The number of aliphatic imine (C=N–C) groups is 1. The number of nitrogens with two attached hydrogens (primary N) is 1. The van der Waals surface area contributed by atoms with E-state index in [9.17, 15) is 22.7 Å². The Hall–Kier alpha value is -2.47. The molecule has 1 spiro atoms. The molecule has 1 atom stereocenters. The summed E-state index contributed by atoms with van der Waals surface area (Å²) < 4.78 is 50.7. The minimum absolute atomic E-state index is 0.0309. The van der Waals surface area contributed by atoms with E-state index in [0.29, 0.717) is 12.8 Å². The van der Waals surface area contributed by atoms with Gasteiger partial charge in [0.05, 0.1) is 5.02 Å². The fraction of sp³-hybridized carbons (Fsp3) is 0.316. The Morgan fingerprint density at radius 2 is 1.97 bits per heavy atom. The van der Waals surface area contributed by atoms with Gasteiger partial charge in [0.1, 0.15) is 16.1 Å². The van der Waals surface area contributed by atoms with Gasteiger partial charge in [-0.3, -0.25) is 13.9 Å². The number of hydrogen-bond donors (Lipinski definition) is 4. The zero-order valence-corrected chi connectivity index (χ0v) is 18.1. The lowest BCUT2D eigenvalue weighted by Crippen LogP contribution is -2.55. The Labute approximate surface area is 183 Å². The van der Waals surface area contributed by atoms with Crippen molar-refractivity contribution in [2.45, 2.75) is 30.1 Å². The van der Waals surface area contributed by atoms with Crippen LogP contribution in [0.5, 0.6) is 0 Å². The van der Waals surface area contributed by atoms with Crippen molar-refractivity contribution in [2.24, 2.45) is 10.7 Å². The van der Waals surface area contributed by atoms with Gasteiger partial charge in [0, 0.05) is 24.5 Å². The van der Waals surface area contributed by atoms with E-state index >= 15 is 0 Å². The molecule has 166 valence electrons. The van der Waals surface area contributed by atoms with E-state index in [2.05, 4.69) is 15.3 Å². The van der Waals surface area contributed by atoms with Crippen molar-refractivity contribution in [2.75, 3.05) is 12.4 Å². The van der Waals surface area contributed by atoms with E-state index in [-0.39, 0.29) is 22.2 Å².